The maximum absolute atomic E-state index is 13.6. The number of aryl methyl sites for hydroxylation is 1. The number of carbonyl (C=O) groups excluding carboxylic acids is 1. The Bertz CT molecular complexity index is 1450. The van der Waals surface area contributed by atoms with Crippen molar-refractivity contribution in [2.45, 2.75) is 76.5 Å². The smallest absolute Gasteiger partial charge is 0.335 e. The molecule has 3 saturated heterocycles. The number of benzene rings is 2. The molecule has 4 heterocycles. The molecule has 2 aromatic carbocycles. The molecule has 6 rings (SSSR count). The van der Waals surface area contributed by atoms with E-state index in [1.165, 1.54) is 23.0 Å². The average molecular weight is 598 g/mol. The van der Waals surface area contributed by atoms with E-state index < -0.39 is 5.97 Å². The zero-order valence-corrected chi connectivity index (χ0v) is 25.7. The summed E-state index contributed by atoms with van der Waals surface area (Å²) in [5, 5.41) is 12.6. The predicted molar refractivity (Wildman–Crippen MR) is 169 cm³/mol. The number of nitrogens with one attached hydrogen (secondary N) is 1. The van der Waals surface area contributed by atoms with Crippen LogP contribution in [0.4, 0.5) is 5.82 Å². The van der Waals surface area contributed by atoms with Crippen molar-refractivity contribution in [3.8, 4) is 0 Å². The van der Waals surface area contributed by atoms with Gasteiger partial charge in [-0.25, -0.2) is 14.8 Å². The SMILES string of the molecule is Cc1ccc([C@@H]2CCC[C@H](CNc3ncnc(C(=O)N4CCC(N5CCC(c6ccc(C(=O)O)cc6)C5)CC4)c3C)O2)cc1. The third-order valence-electron chi connectivity index (χ3n) is 9.70. The summed E-state index contributed by atoms with van der Waals surface area (Å²) in [6.07, 6.45) is 7.76. The number of anilines is 1. The van der Waals surface area contributed by atoms with Gasteiger partial charge in [0.25, 0.3) is 5.91 Å². The highest BCUT2D eigenvalue weighted by Crippen LogP contribution is 2.33. The van der Waals surface area contributed by atoms with E-state index in [4.69, 9.17) is 4.74 Å². The quantitative estimate of drug-likeness (QED) is 0.345. The van der Waals surface area contributed by atoms with E-state index in [9.17, 15) is 14.7 Å². The van der Waals surface area contributed by atoms with Crippen molar-refractivity contribution in [2.24, 2.45) is 0 Å². The Morgan fingerprint density at radius 3 is 2.36 bits per heavy atom. The van der Waals surface area contributed by atoms with Crippen LogP contribution in [0.15, 0.2) is 54.9 Å². The normalized spacial score (nSPS) is 23.0. The molecule has 0 radical (unpaired) electrons. The van der Waals surface area contributed by atoms with E-state index in [1.54, 1.807) is 12.1 Å². The maximum atomic E-state index is 13.6. The lowest BCUT2D eigenvalue weighted by Crippen LogP contribution is -2.46. The molecular formula is C35H43N5O4. The van der Waals surface area contributed by atoms with Gasteiger partial charge in [-0.2, -0.15) is 0 Å². The first-order valence-corrected chi connectivity index (χ1v) is 16.0. The van der Waals surface area contributed by atoms with E-state index in [0.717, 1.165) is 57.2 Å². The largest absolute Gasteiger partial charge is 0.478 e. The number of aromatic carboxylic acids is 1. The number of aromatic nitrogens is 2. The summed E-state index contributed by atoms with van der Waals surface area (Å²) in [4.78, 5) is 38.1. The average Bonchev–Trinajstić information content (AvgIpc) is 3.55. The molecule has 3 fully saturated rings. The van der Waals surface area contributed by atoms with Crippen LogP contribution in [-0.2, 0) is 4.74 Å². The first kappa shape index (κ1) is 30.2. The second kappa shape index (κ2) is 13.4. The van der Waals surface area contributed by atoms with Crippen LogP contribution in [0.1, 0.15) is 93.6 Å². The molecular weight excluding hydrogens is 554 g/mol. The lowest BCUT2D eigenvalue weighted by Gasteiger charge is -2.37. The fourth-order valence-electron chi connectivity index (χ4n) is 7.00. The molecule has 0 aliphatic carbocycles. The van der Waals surface area contributed by atoms with E-state index >= 15 is 0 Å². The Morgan fingerprint density at radius 2 is 1.64 bits per heavy atom. The molecule has 1 aromatic heterocycles. The molecule has 1 amide bonds. The number of hydrogen-bond acceptors (Lipinski definition) is 7. The Kier molecular flexibility index (Phi) is 9.23. The van der Waals surface area contributed by atoms with Gasteiger partial charge < -0.3 is 20.1 Å². The van der Waals surface area contributed by atoms with Gasteiger partial charge >= 0.3 is 5.97 Å². The van der Waals surface area contributed by atoms with Crippen molar-refractivity contribution in [3.63, 3.8) is 0 Å². The molecule has 3 aliphatic heterocycles. The number of rotatable bonds is 8. The highest BCUT2D eigenvalue weighted by Gasteiger charge is 2.33. The van der Waals surface area contributed by atoms with E-state index in [-0.39, 0.29) is 18.1 Å². The third-order valence-corrected chi connectivity index (χ3v) is 9.70. The molecule has 1 unspecified atom stereocenters. The summed E-state index contributed by atoms with van der Waals surface area (Å²) in [6.45, 7) is 8.08. The van der Waals surface area contributed by atoms with Gasteiger partial charge in [-0.3, -0.25) is 9.69 Å². The van der Waals surface area contributed by atoms with Gasteiger partial charge in [-0.15, -0.1) is 0 Å². The molecule has 3 aromatic rings. The van der Waals surface area contributed by atoms with Crippen molar-refractivity contribution < 1.29 is 19.4 Å². The second-order valence-corrected chi connectivity index (χ2v) is 12.6. The van der Waals surface area contributed by atoms with Gasteiger partial charge in [-0.1, -0.05) is 42.0 Å². The first-order valence-electron chi connectivity index (χ1n) is 16.0. The topological polar surface area (TPSA) is 108 Å². The summed E-state index contributed by atoms with van der Waals surface area (Å²) in [6, 6.07) is 16.4. The number of carboxylic acid groups (broad SMARTS) is 1. The van der Waals surface area contributed by atoms with Gasteiger partial charge in [0, 0.05) is 37.8 Å². The molecule has 3 aliphatic rings. The molecule has 0 bridgehead atoms. The minimum absolute atomic E-state index is 0.0300. The van der Waals surface area contributed by atoms with E-state index in [1.807, 2.05) is 24.0 Å². The number of carbonyl (C=O) groups is 2. The Morgan fingerprint density at radius 1 is 0.909 bits per heavy atom. The van der Waals surface area contributed by atoms with Gasteiger partial charge in [0.15, 0.2) is 0 Å². The number of amides is 1. The zero-order chi connectivity index (χ0) is 30.6. The number of hydrogen-bond donors (Lipinski definition) is 2. The fraction of sp³-hybridized carbons (Fsp3) is 0.486. The monoisotopic (exact) mass is 597 g/mol. The fourth-order valence-corrected chi connectivity index (χ4v) is 7.00. The molecule has 2 N–H and O–H groups in total. The zero-order valence-electron chi connectivity index (χ0n) is 25.7. The minimum Gasteiger partial charge on any atom is -0.478 e. The van der Waals surface area contributed by atoms with E-state index in [0.29, 0.717) is 48.7 Å². The van der Waals surface area contributed by atoms with Gasteiger partial charge in [0.2, 0.25) is 0 Å². The van der Waals surface area contributed by atoms with Crippen LogP contribution in [0, 0.1) is 13.8 Å². The van der Waals surface area contributed by atoms with Crippen LogP contribution in [0.25, 0.3) is 0 Å². The summed E-state index contributed by atoms with van der Waals surface area (Å²) in [5.41, 5.74) is 5.26. The van der Waals surface area contributed by atoms with Gasteiger partial charge in [0.1, 0.15) is 17.8 Å². The Labute approximate surface area is 259 Å². The molecule has 3 atom stereocenters. The van der Waals surface area contributed by atoms with Crippen molar-refractivity contribution >= 4 is 17.7 Å². The first-order chi connectivity index (χ1) is 21.4. The van der Waals surface area contributed by atoms with Crippen molar-refractivity contribution in [1.82, 2.24) is 19.8 Å². The van der Waals surface area contributed by atoms with Gasteiger partial charge in [-0.05, 0) is 88.1 Å². The summed E-state index contributed by atoms with van der Waals surface area (Å²) in [5.74, 6) is 0.188. The molecule has 232 valence electrons. The van der Waals surface area contributed by atoms with Crippen LogP contribution in [0.5, 0.6) is 0 Å². The predicted octanol–water partition coefficient (Wildman–Crippen LogP) is 5.61. The number of ether oxygens (including phenoxy) is 1. The third kappa shape index (κ3) is 6.79. The molecule has 0 spiro atoms. The van der Waals surface area contributed by atoms with Crippen molar-refractivity contribution in [1.29, 1.82) is 0 Å². The van der Waals surface area contributed by atoms with Crippen LogP contribution in [0.3, 0.4) is 0 Å². The van der Waals surface area contributed by atoms with Crippen molar-refractivity contribution in [2.75, 3.05) is 38.0 Å². The summed E-state index contributed by atoms with van der Waals surface area (Å²) >= 11 is 0. The summed E-state index contributed by atoms with van der Waals surface area (Å²) < 4.78 is 6.44. The standard InChI is InChI=1S/C35H43N5O4/c1-23-6-8-26(9-7-23)31-5-3-4-30(44-31)20-36-33-24(2)32(37-22-38-33)34(41)39-18-15-29(16-19-39)40-17-14-28(21-40)25-10-12-27(13-11-25)35(42)43/h6-13,22,28-31H,3-5,14-21H2,1-2H3,(H,42,43)(H,36,37,38)/t28?,30-,31+/m1/s1. The maximum Gasteiger partial charge on any atom is 0.335 e. The highest BCUT2D eigenvalue weighted by molar-refractivity contribution is 5.94. The number of nitrogens with zero attached hydrogens (tertiary/aromatic N) is 4. The van der Waals surface area contributed by atoms with Crippen LogP contribution in [0.2, 0.25) is 0 Å². The van der Waals surface area contributed by atoms with E-state index in [2.05, 4.69) is 51.4 Å². The van der Waals surface area contributed by atoms with Crippen LogP contribution < -0.4 is 5.32 Å². The van der Waals surface area contributed by atoms with Crippen molar-refractivity contribution in [3.05, 3.63) is 88.4 Å². The Balaban J connectivity index is 1.00. The molecule has 9 nitrogen and oxygen atoms in total. The molecule has 0 saturated carbocycles. The number of piperidine rings is 1. The summed E-state index contributed by atoms with van der Waals surface area (Å²) in [7, 11) is 0. The number of carboxylic acids is 1. The highest BCUT2D eigenvalue weighted by atomic mass is 16.5. The lowest BCUT2D eigenvalue weighted by molar-refractivity contribution is -0.0442. The van der Waals surface area contributed by atoms with Crippen LogP contribution >= 0.6 is 0 Å². The molecule has 9 heteroatoms. The minimum atomic E-state index is -0.892. The molecule has 44 heavy (non-hydrogen) atoms. The Hall–Kier alpha value is -3.82. The number of likely N-dealkylation sites (tertiary alicyclic amines) is 2. The van der Waals surface area contributed by atoms with Gasteiger partial charge in [0.05, 0.1) is 17.8 Å². The lowest BCUT2D eigenvalue weighted by atomic mass is 9.97. The van der Waals surface area contributed by atoms with Crippen LogP contribution in [-0.4, -0.2) is 81.6 Å². The second-order valence-electron chi connectivity index (χ2n) is 12.6.